The molecule has 0 bridgehead atoms. The Labute approximate surface area is 78.2 Å². The van der Waals surface area contributed by atoms with Crippen LogP contribution < -0.4 is 5.32 Å². The number of thiazole rings is 1. The lowest BCUT2D eigenvalue weighted by Crippen LogP contribution is -1.91. The first-order chi connectivity index (χ1) is 6.40. The van der Waals surface area contributed by atoms with Crippen molar-refractivity contribution >= 4 is 22.9 Å². The Hall–Kier alpha value is -1.62. The molecule has 0 aliphatic heterocycles. The van der Waals surface area contributed by atoms with Crippen LogP contribution in [0.15, 0.2) is 28.2 Å². The van der Waals surface area contributed by atoms with Gasteiger partial charge in [-0.05, 0) is 12.1 Å². The first kappa shape index (κ1) is 8.00. The minimum Gasteiger partial charge on any atom is -0.463 e. The third-order valence-electron chi connectivity index (χ3n) is 1.46. The molecule has 13 heavy (non-hydrogen) atoms. The molecule has 0 saturated heterocycles. The summed E-state index contributed by atoms with van der Waals surface area (Å²) in [6.45, 7) is 0. The van der Waals surface area contributed by atoms with E-state index >= 15 is 0 Å². The van der Waals surface area contributed by atoms with Crippen molar-refractivity contribution in [3.8, 4) is 11.5 Å². The number of nitrogens with one attached hydrogen (secondary N) is 1. The summed E-state index contributed by atoms with van der Waals surface area (Å²) >= 11 is 1.36. The second-order valence-electron chi connectivity index (χ2n) is 2.28. The van der Waals surface area contributed by atoms with Gasteiger partial charge in [0.2, 0.25) is 6.41 Å². The maximum absolute atomic E-state index is 10.1. The molecular weight excluding hydrogens is 188 g/mol. The van der Waals surface area contributed by atoms with Crippen molar-refractivity contribution in [3.63, 3.8) is 0 Å². The SMILES string of the molecule is O=CNc1nc(-c2ccco2)cs1. The summed E-state index contributed by atoms with van der Waals surface area (Å²) in [7, 11) is 0. The molecule has 0 aliphatic carbocycles. The van der Waals surface area contributed by atoms with Crippen LogP contribution in [0.25, 0.3) is 11.5 Å². The molecule has 2 rings (SSSR count). The topological polar surface area (TPSA) is 55.1 Å². The van der Waals surface area contributed by atoms with Crippen molar-refractivity contribution < 1.29 is 9.21 Å². The predicted octanol–water partition coefficient (Wildman–Crippen LogP) is 1.97. The highest BCUT2D eigenvalue weighted by atomic mass is 32.1. The Bertz CT molecular complexity index is 394. The van der Waals surface area contributed by atoms with E-state index in [1.807, 2.05) is 11.4 Å². The Morgan fingerprint density at radius 2 is 2.54 bits per heavy atom. The molecule has 0 aromatic carbocycles. The molecule has 5 heteroatoms. The number of anilines is 1. The van der Waals surface area contributed by atoms with E-state index in [4.69, 9.17) is 4.42 Å². The van der Waals surface area contributed by atoms with Gasteiger partial charge in [-0.25, -0.2) is 4.98 Å². The average Bonchev–Trinajstić information content (AvgIpc) is 2.70. The summed E-state index contributed by atoms with van der Waals surface area (Å²) in [6.07, 6.45) is 2.19. The Balaban J connectivity index is 2.28. The van der Waals surface area contributed by atoms with E-state index in [2.05, 4.69) is 10.3 Å². The van der Waals surface area contributed by atoms with E-state index in [0.717, 1.165) is 5.69 Å². The van der Waals surface area contributed by atoms with E-state index < -0.39 is 0 Å². The molecule has 0 radical (unpaired) electrons. The number of amides is 1. The molecular formula is C8H6N2O2S. The van der Waals surface area contributed by atoms with Crippen molar-refractivity contribution in [1.82, 2.24) is 4.98 Å². The van der Waals surface area contributed by atoms with Crippen LogP contribution in [0.1, 0.15) is 0 Å². The van der Waals surface area contributed by atoms with Gasteiger partial charge in [-0.3, -0.25) is 4.79 Å². The molecule has 0 saturated carbocycles. The third-order valence-corrected chi connectivity index (χ3v) is 2.23. The second-order valence-corrected chi connectivity index (χ2v) is 3.14. The lowest BCUT2D eigenvalue weighted by molar-refractivity contribution is -0.105. The van der Waals surface area contributed by atoms with Crippen LogP contribution in [0, 0.1) is 0 Å². The van der Waals surface area contributed by atoms with E-state index in [1.165, 1.54) is 11.3 Å². The zero-order valence-electron chi connectivity index (χ0n) is 6.56. The predicted molar refractivity (Wildman–Crippen MR) is 49.5 cm³/mol. The van der Waals surface area contributed by atoms with E-state index in [0.29, 0.717) is 17.3 Å². The van der Waals surface area contributed by atoms with Crippen LogP contribution in [0.2, 0.25) is 0 Å². The number of hydrogen-bond acceptors (Lipinski definition) is 4. The average molecular weight is 194 g/mol. The maximum Gasteiger partial charge on any atom is 0.213 e. The Morgan fingerprint density at radius 1 is 1.62 bits per heavy atom. The Kier molecular flexibility index (Phi) is 2.09. The summed E-state index contributed by atoms with van der Waals surface area (Å²) < 4.78 is 5.14. The van der Waals surface area contributed by atoms with Crippen LogP contribution >= 0.6 is 11.3 Å². The molecule has 0 unspecified atom stereocenters. The molecule has 4 nitrogen and oxygen atoms in total. The van der Waals surface area contributed by atoms with Gasteiger partial charge in [-0.2, -0.15) is 0 Å². The van der Waals surface area contributed by atoms with Gasteiger partial charge in [-0.1, -0.05) is 0 Å². The van der Waals surface area contributed by atoms with Gasteiger partial charge in [0.15, 0.2) is 10.9 Å². The first-order valence-corrected chi connectivity index (χ1v) is 4.47. The van der Waals surface area contributed by atoms with Gasteiger partial charge in [0.1, 0.15) is 5.69 Å². The van der Waals surface area contributed by atoms with Crippen LogP contribution in [-0.4, -0.2) is 11.4 Å². The summed E-state index contributed by atoms with van der Waals surface area (Å²) in [5, 5.41) is 4.87. The van der Waals surface area contributed by atoms with Gasteiger partial charge in [0.05, 0.1) is 6.26 Å². The van der Waals surface area contributed by atoms with Crippen LogP contribution in [0.4, 0.5) is 5.13 Å². The van der Waals surface area contributed by atoms with Crippen LogP contribution in [0.5, 0.6) is 0 Å². The van der Waals surface area contributed by atoms with Crippen molar-refractivity contribution in [2.45, 2.75) is 0 Å². The fourth-order valence-corrected chi connectivity index (χ4v) is 1.59. The van der Waals surface area contributed by atoms with Crippen LogP contribution in [0.3, 0.4) is 0 Å². The first-order valence-electron chi connectivity index (χ1n) is 3.60. The molecule has 0 atom stereocenters. The fraction of sp³-hybridized carbons (Fsp3) is 0. The second kappa shape index (κ2) is 3.40. The van der Waals surface area contributed by atoms with Gasteiger partial charge < -0.3 is 9.73 Å². The number of rotatable bonds is 3. The number of aromatic nitrogens is 1. The molecule has 0 spiro atoms. The zero-order chi connectivity index (χ0) is 9.10. The highest BCUT2D eigenvalue weighted by Gasteiger charge is 2.05. The molecule has 1 N–H and O–H groups in total. The summed E-state index contributed by atoms with van der Waals surface area (Å²) in [4.78, 5) is 14.2. The maximum atomic E-state index is 10.1. The number of furan rings is 1. The van der Waals surface area contributed by atoms with Gasteiger partial charge in [-0.15, -0.1) is 11.3 Å². The highest BCUT2D eigenvalue weighted by Crippen LogP contribution is 2.24. The van der Waals surface area contributed by atoms with E-state index in [-0.39, 0.29) is 0 Å². The normalized spacial score (nSPS) is 9.85. The Morgan fingerprint density at radius 3 is 3.23 bits per heavy atom. The number of carbonyl (C=O) groups is 1. The van der Waals surface area contributed by atoms with Crippen LogP contribution in [-0.2, 0) is 4.79 Å². The zero-order valence-corrected chi connectivity index (χ0v) is 7.38. The van der Waals surface area contributed by atoms with Crippen molar-refractivity contribution in [3.05, 3.63) is 23.8 Å². The highest BCUT2D eigenvalue weighted by molar-refractivity contribution is 7.14. The molecule has 2 aromatic heterocycles. The van der Waals surface area contributed by atoms with Crippen molar-refractivity contribution in [2.75, 3.05) is 5.32 Å². The summed E-state index contributed by atoms with van der Waals surface area (Å²) in [6, 6.07) is 3.61. The minimum atomic E-state index is 0.571. The molecule has 2 aromatic rings. The van der Waals surface area contributed by atoms with E-state index in [1.54, 1.807) is 12.3 Å². The minimum absolute atomic E-state index is 0.571. The quantitative estimate of drug-likeness (QED) is 0.760. The van der Waals surface area contributed by atoms with Gasteiger partial charge in [0.25, 0.3) is 0 Å². The standard InChI is InChI=1S/C8H6N2O2S/c11-5-9-8-10-6(4-13-8)7-2-1-3-12-7/h1-5H,(H,9,10,11). The number of carbonyl (C=O) groups excluding carboxylic acids is 1. The van der Waals surface area contributed by atoms with E-state index in [9.17, 15) is 4.79 Å². The smallest absolute Gasteiger partial charge is 0.213 e. The third kappa shape index (κ3) is 1.59. The molecule has 1 amide bonds. The molecule has 66 valence electrons. The monoisotopic (exact) mass is 194 g/mol. The van der Waals surface area contributed by atoms with Crippen molar-refractivity contribution in [1.29, 1.82) is 0 Å². The fourth-order valence-electron chi connectivity index (χ4n) is 0.928. The number of hydrogen-bond donors (Lipinski definition) is 1. The summed E-state index contributed by atoms with van der Waals surface area (Å²) in [5.41, 5.74) is 0.736. The van der Waals surface area contributed by atoms with Gasteiger partial charge >= 0.3 is 0 Å². The molecule has 2 heterocycles. The van der Waals surface area contributed by atoms with Gasteiger partial charge in [0, 0.05) is 5.38 Å². The van der Waals surface area contributed by atoms with Crippen molar-refractivity contribution in [2.24, 2.45) is 0 Å². The number of nitrogens with zero attached hydrogens (tertiary/aromatic N) is 1. The molecule has 0 fully saturated rings. The lowest BCUT2D eigenvalue weighted by atomic mass is 10.4. The molecule has 0 aliphatic rings. The lowest BCUT2D eigenvalue weighted by Gasteiger charge is -1.88. The summed E-state index contributed by atoms with van der Waals surface area (Å²) in [5.74, 6) is 0.704. The largest absolute Gasteiger partial charge is 0.463 e.